The lowest BCUT2D eigenvalue weighted by atomic mass is 10.0. The number of amides is 1. The summed E-state index contributed by atoms with van der Waals surface area (Å²) < 4.78 is 0. The number of halogens is 2. The van der Waals surface area contributed by atoms with Crippen LogP contribution in [0.3, 0.4) is 0 Å². The van der Waals surface area contributed by atoms with Gasteiger partial charge in [0.15, 0.2) is 6.04 Å². The third-order valence-corrected chi connectivity index (χ3v) is 4.61. The monoisotopic (exact) mass is 424 g/mol. The van der Waals surface area contributed by atoms with Crippen molar-refractivity contribution < 1.29 is 19.8 Å². The third-order valence-electron chi connectivity index (χ3n) is 4.27. The highest BCUT2D eigenvalue weighted by molar-refractivity contribution is 6.18. The average Bonchev–Trinajstić information content (AvgIpc) is 2.67. The molecule has 0 aromatic heterocycles. The molecule has 2 rings (SSSR count). The smallest absolute Gasteiger partial charge is 0.330 e. The predicted octanol–water partition coefficient (Wildman–Crippen LogP) is 3.54. The molecule has 3 N–H and O–H groups in total. The Kier molecular flexibility index (Phi) is 7.96. The van der Waals surface area contributed by atoms with Crippen molar-refractivity contribution in [2.45, 2.75) is 13.0 Å². The van der Waals surface area contributed by atoms with Gasteiger partial charge in [-0.05, 0) is 42.3 Å². The number of nitrogens with one attached hydrogen (secondary N) is 1. The van der Waals surface area contributed by atoms with E-state index in [0.717, 1.165) is 11.3 Å². The van der Waals surface area contributed by atoms with Crippen molar-refractivity contribution in [3.05, 3.63) is 59.2 Å². The van der Waals surface area contributed by atoms with Crippen LogP contribution in [0.2, 0.25) is 0 Å². The maximum absolute atomic E-state index is 12.7. The number of phenolic OH excluding ortho intramolecular Hbond substituents is 1. The van der Waals surface area contributed by atoms with Crippen LogP contribution in [0, 0.1) is 6.92 Å². The highest BCUT2D eigenvalue weighted by Gasteiger charge is 2.23. The second-order valence-electron chi connectivity index (χ2n) is 6.20. The Labute approximate surface area is 173 Å². The minimum Gasteiger partial charge on any atom is -0.508 e. The fraction of sp³-hybridized carbons (Fsp3) is 0.300. The van der Waals surface area contributed by atoms with Gasteiger partial charge in [0.05, 0.1) is 0 Å². The Morgan fingerprint density at radius 2 is 1.68 bits per heavy atom. The van der Waals surface area contributed by atoms with Crippen LogP contribution in [0.15, 0.2) is 42.5 Å². The highest BCUT2D eigenvalue weighted by Crippen LogP contribution is 2.23. The van der Waals surface area contributed by atoms with Gasteiger partial charge in [-0.1, -0.05) is 18.2 Å². The lowest BCUT2D eigenvalue weighted by Crippen LogP contribution is -2.34. The summed E-state index contributed by atoms with van der Waals surface area (Å²) in [6, 6.07) is 9.57. The molecule has 28 heavy (non-hydrogen) atoms. The Bertz CT molecular complexity index is 821. The number of hydrogen-bond acceptors (Lipinski definition) is 4. The van der Waals surface area contributed by atoms with Gasteiger partial charge in [0, 0.05) is 36.1 Å². The van der Waals surface area contributed by atoms with Gasteiger partial charge in [0.2, 0.25) is 0 Å². The fourth-order valence-corrected chi connectivity index (χ4v) is 3.22. The van der Waals surface area contributed by atoms with Gasteiger partial charge in [-0.2, -0.15) is 0 Å². The van der Waals surface area contributed by atoms with Gasteiger partial charge < -0.3 is 20.4 Å². The fourth-order valence-electron chi connectivity index (χ4n) is 2.82. The SMILES string of the molecule is Cc1ccc(C(=O)NC(C(=O)O)c2ccc(O)cc2)cc1N(CCCl)CCCl. The summed E-state index contributed by atoms with van der Waals surface area (Å²) >= 11 is 11.7. The van der Waals surface area contributed by atoms with Crippen LogP contribution < -0.4 is 10.2 Å². The molecule has 0 aliphatic carbocycles. The highest BCUT2D eigenvalue weighted by atomic mass is 35.5. The summed E-state index contributed by atoms with van der Waals surface area (Å²) in [6.07, 6.45) is 0. The lowest BCUT2D eigenvalue weighted by Gasteiger charge is -2.25. The molecule has 2 aromatic carbocycles. The third kappa shape index (κ3) is 5.53. The van der Waals surface area contributed by atoms with Crippen LogP contribution in [0.5, 0.6) is 5.75 Å². The molecule has 1 amide bonds. The van der Waals surface area contributed by atoms with Crippen LogP contribution in [0.25, 0.3) is 0 Å². The van der Waals surface area contributed by atoms with Gasteiger partial charge in [-0.15, -0.1) is 23.2 Å². The van der Waals surface area contributed by atoms with Gasteiger partial charge in [0.25, 0.3) is 5.91 Å². The number of aryl methyl sites for hydroxylation is 1. The maximum atomic E-state index is 12.7. The maximum Gasteiger partial charge on any atom is 0.330 e. The van der Waals surface area contributed by atoms with Crippen molar-refractivity contribution in [1.82, 2.24) is 5.32 Å². The van der Waals surface area contributed by atoms with E-state index in [2.05, 4.69) is 5.32 Å². The van der Waals surface area contributed by atoms with E-state index in [-0.39, 0.29) is 5.75 Å². The minimum atomic E-state index is -1.24. The van der Waals surface area contributed by atoms with Crippen molar-refractivity contribution in [3.63, 3.8) is 0 Å². The van der Waals surface area contributed by atoms with E-state index in [4.69, 9.17) is 23.2 Å². The molecule has 0 bridgehead atoms. The number of aromatic hydroxyl groups is 1. The largest absolute Gasteiger partial charge is 0.508 e. The molecule has 0 spiro atoms. The van der Waals surface area contributed by atoms with Crippen LogP contribution >= 0.6 is 23.2 Å². The number of carboxylic acids is 1. The van der Waals surface area contributed by atoms with Crippen LogP contribution in [0.1, 0.15) is 27.5 Å². The molecule has 0 saturated carbocycles. The Balaban J connectivity index is 2.28. The van der Waals surface area contributed by atoms with E-state index >= 15 is 0 Å². The van der Waals surface area contributed by atoms with Crippen LogP contribution in [0.4, 0.5) is 5.69 Å². The molecular formula is C20H22Cl2N2O4. The molecule has 2 aromatic rings. The van der Waals surface area contributed by atoms with Gasteiger partial charge in [-0.3, -0.25) is 4.79 Å². The van der Waals surface area contributed by atoms with E-state index in [0.29, 0.717) is 36.0 Å². The summed E-state index contributed by atoms with van der Waals surface area (Å²) in [7, 11) is 0. The molecule has 0 aliphatic heterocycles. The minimum absolute atomic E-state index is 0.0149. The number of anilines is 1. The average molecular weight is 425 g/mol. The number of carbonyl (C=O) groups excluding carboxylic acids is 1. The summed E-state index contributed by atoms with van der Waals surface area (Å²) in [4.78, 5) is 26.3. The number of hydrogen-bond donors (Lipinski definition) is 3. The van der Waals surface area contributed by atoms with Crippen molar-refractivity contribution in [2.75, 3.05) is 29.7 Å². The van der Waals surface area contributed by atoms with E-state index < -0.39 is 17.9 Å². The summed E-state index contributed by atoms with van der Waals surface area (Å²) in [6.45, 7) is 3.07. The Morgan fingerprint density at radius 3 is 2.21 bits per heavy atom. The molecule has 0 radical (unpaired) electrons. The number of carboxylic acid groups (broad SMARTS) is 1. The van der Waals surface area contributed by atoms with E-state index in [1.165, 1.54) is 24.3 Å². The molecular weight excluding hydrogens is 403 g/mol. The first-order valence-corrected chi connectivity index (χ1v) is 9.74. The zero-order valence-corrected chi connectivity index (χ0v) is 16.9. The molecule has 0 fully saturated rings. The van der Waals surface area contributed by atoms with E-state index in [1.807, 2.05) is 11.8 Å². The van der Waals surface area contributed by atoms with Crippen LogP contribution in [-0.2, 0) is 4.79 Å². The lowest BCUT2D eigenvalue weighted by molar-refractivity contribution is -0.139. The molecule has 0 saturated heterocycles. The molecule has 0 heterocycles. The quantitative estimate of drug-likeness (QED) is 0.535. The number of benzene rings is 2. The number of rotatable bonds is 9. The van der Waals surface area contributed by atoms with E-state index in [1.54, 1.807) is 18.2 Å². The normalized spacial score (nSPS) is 11.7. The molecule has 1 unspecified atom stereocenters. The zero-order chi connectivity index (χ0) is 20.7. The summed E-state index contributed by atoms with van der Waals surface area (Å²) in [5.74, 6) is -0.875. The molecule has 6 nitrogen and oxygen atoms in total. The number of nitrogens with zero attached hydrogens (tertiary/aromatic N) is 1. The number of phenols is 1. The second-order valence-corrected chi connectivity index (χ2v) is 6.96. The summed E-state index contributed by atoms with van der Waals surface area (Å²) in [5, 5.41) is 21.4. The van der Waals surface area contributed by atoms with Crippen LogP contribution in [-0.4, -0.2) is 46.9 Å². The zero-order valence-electron chi connectivity index (χ0n) is 15.4. The van der Waals surface area contributed by atoms with Gasteiger partial charge >= 0.3 is 5.97 Å². The Morgan fingerprint density at radius 1 is 1.07 bits per heavy atom. The predicted molar refractivity (Wildman–Crippen MR) is 111 cm³/mol. The first-order chi connectivity index (χ1) is 13.4. The van der Waals surface area contributed by atoms with Crippen molar-refractivity contribution in [3.8, 4) is 5.75 Å². The molecule has 0 aliphatic rings. The van der Waals surface area contributed by atoms with Crippen molar-refractivity contribution >= 4 is 40.8 Å². The van der Waals surface area contributed by atoms with Crippen molar-refractivity contribution in [2.24, 2.45) is 0 Å². The van der Waals surface area contributed by atoms with E-state index in [9.17, 15) is 19.8 Å². The van der Waals surface area contributed by atoms with Gasteiger partial charge in [0.1, 0.15) is 5.75 Å². The van der Waals surface area contributed by atoms with Crippen molar-refractivity contribution in [1.29, 1.82) is 0 Å². The molecule has 1 atom stereocenters. The first kappa shape index (κ1) is 21.9. The number of alkyl halides is 2. The number of aliphatic carboxylic acids is 1. The summed E-state index contributed by atoms with van der Waals surface area (Å²) in [5.41, 5.74) is 2.47. The molecule has 150 valence electrons. The van der Waals surface area contributed by atoms with Gasteiger partial charge in [-0.25, -0.2) is 4.79 Å². The molecule has 8 heteroatoms. The second kappa shape index (κ2) is 10.2. The Hall–Kier alpha value is -2.44. The standard InChI is InChI=1S/C20H22Cl2N2O4/c1-13-2-3-15(12-17(13)24(10-8-21)11-9-22)19(26)23-18(20(27)28)14-4-6-16(25)7-5-14/h2-7,12,18,25H,8-11H2,1H3,(H,23,26)(H,27,28). The topological polar surface area (TPSA) is 89.9 Å². The first-order valence-electron chi connectivity index (χ1n) is 8.67. The number of carbonyl (C=O) groups is 2.